The van der Waals surface area contributed by atoms with Crippen molar-refractivity contribution in [3.63, 3.8) is 0 Å². The van der Waals surface area contributed by atoms with Crippen LogP contribution >= 0.6 is 12.0 Å². The zero-order valence-electron chi connectivity index (χ0n) is 17.0. The first-order valence-corrected chi connectivity index (χ1v) is 11.7. The van der Waals surface area contributed by atoms with Crippen LogP contribution in [0.25, 0.3) is 0 Å². The number of hydrogen-bond acceptors (Lipinski definition) is 6. The largest absolute Gasteiger partial charge is 0.460 e. The molecule has 0 spiro atoms. The van der Waals surface area contributed by atoms with Crippen LogP contribution in [-0.4, -0.2) is 23.1 Å². The molecule has 2 unspecified atom stereocenters. The average molecular weight is 435 g/mol. The second-order valence-electron chi connectivity index (χ2n) is 10.3. The average Bonchev–Trinajstić information content (AvgIpc) is 2.69. The predicted octanol–water partition coefficient (Wildman–Crippen LogP) is 5.99. The summed E-state index contributed by atoms with van der Waals surface area (Å²) in [4.78, 5) is 11.9. The van der Waals surface area contributed by atoms with Gasteiger partial charge in [-0.25, -0.2) is 10.1 Å². The van der Waals surface area contributed by atoms with Crippen molar-refractivity contribution in [3.05, 3.63) is 0 Å². The highest BCUT2D eigenvalue weighted by atomic mass is 32.2. The monoisotopic (exact) mass is 434 g/mol. The van der Waals surface area contributed by atoms with Crippen molar-refractivity contribution in [3.8, 4) is 0 Å². The van der Waals surface area contributed by atoms with Crippen LogP contribution in [0, 0.1) is 34.5 Å². The van der Waals surface area contributed by atoms with Gasteiger partial charge in [0, 0.05) is 5.41 Å². The highest BCUT2D eigenvalue weighted by Gasteiger charge is 2.60. The van der Waals surface area contributed by atoms with Gasteiger partial charge in [-0.05, 0) is 80.5 Å². The van der Waals surface area contributed by atoms with Crippen molar-refractivity contribution >= 4 is 18.0 Å². The van der Waals surface area contributed by atoms with E-state index in [1.807, 2.05) is 0 Å². The molecule has 5 saturated carbocycles. The SMILES string of the molecule is CCC1CCC(C23CC4CC(CC(COC(=O)C(F)(F)SOOO)(C4)C2)C3)CC1. The number of ether oxygens (including phenoxy) is 1. The van der Waals surface area contributed by atoms with Gasteiger partial charge in [0.05, 0.1) is 6.61 Å². The summed E-state index contributed by atoms with van der Waals surface area (Å²) in [6, 6.07) is 0. The number of halogens is 2. The number of carbonyl (C=O) groups excluding carboxylic acids is 1. The van der Waals surface area contributed by atoms with E-state index in [1.54, 1.807) is 0 Å². The molecular weight excluding hydrogens is 402 g/mol. The van der Waals surface area contributed by atoms with Crippen molar-refractivity contribution in [1.29, 1.82) is 0 Å². The molecule has 5 rings (SSSR count). The van der Waals surface area contributed by atoms with E-state index in [0.717, 1.165) is 31.1 Å². The minimum Gasteiger partial charge on any atom is -0.460 e. The molecule has 5 aliphatic rings. The van der Waals surface area contributed by atoms with Crippen LogP contribution in [0.1, 0.15) is 77.6 Å². The Hall–Kier alpha value is -0.440. The summed E-state index contributed by atoms with van der Waals surface area (Å²) in [6.45, 7) is 2.34. The summed E-state index contributed by atoms with van der Waals surface area (Å²) in [5.74, 6) is 1.24. The fraction of sp³-hybridized carbons (Fsp3) is 0.952. The maximum atomic E-state index is 13.8. The quantitative estimate of drug-likeness (QED) is 0.219. The van der Waals surface area contributed by atoms with E-state index in [0.29, 0.717) is 17.3 Å². The lowest BCUT2D eigenvalue weighted by Gasteiger charge is -2.64. The fourth-order valence-electron chi connectivity index (χ4n) is 7.75. The molecule has 0 heterocycles. The topological polar surface area (TPSA) is 65.0 Å². The van der Waals surface area contributed by atoms with E-state index in [4.69, 9.17) is 9.99 Å². The fourth-order valence-corrected chi connectivity index (χ4v) is 7.99. The van der Waals surface area contributed by atoms with E-state index in [-0.39, 0.29) is 12.0 Å². The molecule has 0 radical (unpaired) electrons. The molecule has 0 amide bonds. The molecule has 8 heteroatoms. The normalized spacial score (nSPS) is 41.5. The summed E-state index contributed by atoms with van der Waals surface area (Å²) >= 11 is -0.552. The molecular formula is C21H32F2O5S. The van der Waals surface area contributed by atoms with Crippen molar-refractivity contribution in [1.82, 2.24) is 0 Å². The second-order valence-corrected chi connectivity index (χ2v) is 11.1. The Morgan fingerprint density at radius 1 is 1.14 bits per heavy atom. The predicted molar refractivity (Wildman–Crippen MR) is 104 cm³/mol. The number of rotatable bonds is 8. The summed E-state index contributed by atoms with van der Waals surface area (Å²) in [5, 5.41) is 7.31. The Kier molecular flexibility index (Phi) is 6.19. The van der Waals surface area contributed by atoms with E-state index in [1.165, 1.54) is 51.4 Å². The first kappa shape index (κ1) is 21.8. The molecule has 5 aliphatic carbocycles. The highest BCUT2D eigenvalue weighted by Crippen LogP contribution is 2.69. The molecule has 5 nitrogen and oxygen atoms in total. The molecule has 5 fully saturated rings. The lowest BCUT2D eigenvalue weighted by atomic mass is 9.41. The standard InChI is InChI=1S/C21H32F2O5S/c1-2-14-3-5-17(6-4-14)20-10-15-7-16(11-20)9-19(8-15,12-20)13-26-18(24)21(22,23)29-28-27-25/h14-17,25H,2-13H2,1H3. The molecule has 29 heavy (non-hydrogen) atoms. The molecule has 166 valence electrons. The molecule has 0 saturated heterocycles. The first-order valence-electron chi connectivity index (χ1n) is 11.0. The van der Waals surface area contributed by atoms with E-state index in [9.17, 15) is 13.6 Å². The Labute approximate surface area is 175 Å². The zero-order valence-corrected chi connectivity index (χ0v) is 17.9. The van der Waals surface area contributed by atoms with Crippen LogP contribution in [0.15, 0.2) is 0 Å². The Bertz CT molecular complexity index is 594. The van der Waals surface area contributed by atoms with Crippen LogP contribution in [0.3, 0.4) is 0 Å². The summed E-state index contributed by atoms with van der Waals surface area (Å²) in [6.07, 6.45) is 13.3. The summed E-state index contributed by atoms with van der Waals surface area (Å²) < 4.78 is 36.4. The number of esters is 1. The lowest BCUT2D eigenvalue weighted by Crippen LogP contribution is -2.56. The van der Waals surface area contributed by atoms with Crippen LogP contribution in [-0.2, 0) is 18.9 Å². The third-order valence-corrected chi connectivity index (χ3v) is 8.94. The van der Waals surface area contributed by atoms with Gasteiger partial charge in [0.25, 0.3) is 0 Å². The van der Waals surface area contributed by atoms with E-state index >= 15 is 0 Å². The second kappa shape index (κ2) is 8.24. The maximum Gasteiger partial charge on any atom is 0.415 e. The van der Waals surface area contributed by atoms with Crippen LogP contribution in [0.4, 0.5) is 8.78 Å². The van der Waals surface area contributed by atoms with Gasteiger partial charge < -0.3 is 4.74 Å². The number of alkyl halides is 2. The molecule has 1 N–H and O–H groups in total. The Balaban J connectivity index is 1.42. The summed E-state index contributed by atoms with van der Waals surface area (Å²) in [7, 11) is 0. The molecule has 2 atom stereocenters. The third-order valence-electron chi connectivity index (χ3n) is 8.43. The van der Waals surface area contributed by atoms with Crippen molar-refractivity contribution in [2.75, 3.05) is 6.61 Å². The van der Waals surface area contributed by atoms with Gasteiger partial charge in [0.15, 0.2) is 0 Å². The molecule has 0 aromatic heterocycles. The molecule has 4 bridgehead atoms. The van der Waals surface area contributed by atoms with Gasteiger partial charge in [-0.1, -0.05) is 31.2 Å². The van der Waals surface area contributed by atoms with Gasteiger partial charge in [0.2, 0.25) is 0 Å². The van der Waals surface area contributed by atoms with Gasteiger partial charge in [-0.15, -0.1) is 4.33 Å². The van der Waals surface area contributed by atoms with Crippen LogP contribution < -0.4 is 0 Å². The third kappa shape index (κ3) is 4.32. The van der Waals surface area contributed by atoms with Crippen LogP contribution in [0.2, 0.25) is 0 Å². The molecule has 0 aromatic rings. The first-order chi connectivity index (χ1) is 13.8. The van der Waals surface area contributed by atoms with Crippen LogP contribution in [0.5, 0.6) is 0 Å². The smallest absolute Gasteiger partial charge is 0.415 e. The lowest BCUT2D eigenvalue weighted by molar-refractivity contribution is -0.433. The zero-order chi connectivity index (χ0) is 20.7. The molecule has 0 aromatic carbocycles. The summed E-state index contributed by atoms with van der Waals surface area (Å²) in [5.41, 5.74) is 0.163. The van der Waals surface area contributed by atoms with Gasteiger partial charge in [-0.2, -0.15) is 8.78 Å². The van der Waals surface area contributed by atoms with Gasteiger partial charge in [0.1, 0.15) is 12.0 Å². The van der Waals surface area contributed by atoms with Crippen molar-refractivity contribution in [2.24, 2.45) is 34.5 Å². The van der Waals surface area contributed by atoms with Crippen molar-refractivity contribution in [2.45, 2.75) is 82.8 Å². The highest BCUT2D eigenvalue weighted by molar-refractivity contribution is 7.96. The number of hydrogen-bond donors (Lipinski definition) is 1. The molecule has 0 aliphatic heterocycles. The minimum absolute atomic E-state index is 0.0566. The van der Waals surface area contributed by atoms with Crippen molar-refractivity contribution < 1.29 is 32.9 Å². The number of carbonyl (C=O) groups is 1. The Morgan fingerprint density at radius 3 is 2.38 bits per heavy atom. The van der Waals surface area contributed by atoms with Gasteiger partial charge in [-0.3, -0.25) is 0 Å². The van der Waals surface area contributed by atoms with Gasteiger partial charge >= 0.3 is 11.2 Å². The minimum atomic E-state index is -3.92. The maximum absolute atomic E-state index is 13.8. The van der Waals surface area contributed by atoms with E-state index < -0.39 is 23.3 Å². The van der Waals surface area contributed by atoms with E-state index in [2.05, 4.69) is 16.3 Å². The Morgan fingerprint density at radius 2 is 1.79 bits per heavy atom.